The number of esters is 1. The Kier molecular flexibility index (Phi) is 9.23. The summed E-state index contributed by atoms with van der Waals surface area (Å²) in [7, 11) is 1.56. The van der Waals surface area contributed by atoms with E-state index in [4.69, 9.17) is 14.0 Å². The number of amides is 2. The number of carbonyl (C=O) groups excluding carboxylic acids is 3. The summed E-state index contributed by atoms with van der Waals surface area (Å²) in [6.45, 7) is 4.35. The first-order valence-electron chi connectivity index (χ1n) is 8.11. The Morgan fingerprint density at radius 1 is 1.32 bits per heavy atom. The number of aryl methyl sites for hydroxylation is 1. The van der Waals surface area contributed by atoms with E-state index in [0.29, 0.717) is 31.2 Å². The fourth-order valence-corrected chi connectivity index (χ4v) is 2.07. The quantitative estimate of drug-likeness (QED) is 0.468. The van der Waals surface area contributed by atoms with E-state index in [1.807, 2.05) is 0 Å². The number of rotatable bonds is 11. The van der Waals surface area contributed by atoms with Crippen molar-refractivity contribution in [3.8, 4) is 0 Å². The zero-order chi connectivity index (χ0) is 18.7. The lowest BCUT2D eigenvalue weighted by atomic mass is 10.2. The topological polar surface area (TPSA) is 111 Å². The molecule has 9 heteroatoms. The Balaban J connectivity index is 2.56. The largest absolute Gasteiger partial charge is 0.466 e. The average Bonchev–Trinajstić information content (AvgIpc) is 2.97. The maximum Gasteiger partial charge on any atom is 0.306 e. The smallest absolute Gasteiger partial charge is 0.306 e. The third-order valence-electron chi connectivity index (χ3n) is 3.21. The second-order valence-electron chi connectivity index (χ2n) is 5.34. The van der Waals surface area contributed by atoms with Gasteiger partial charge in [-0.1, -0.05) is 5.16 Å². The first-order chi connectivity index (χ1) is 12.0. The minimum absolute atomic E-state index is 0.0117. The van der Waals surface area contributed by atoms with Crippen molar-refractivity contribution in [3.63, 3.8) is 0 Å². The van der Waals surface area contributed by atoms with Crippen LogP contribution in [0.15, 0.2) is 10.6 Å². The van der Waals surface area contributed by atoms with Crippen LogP contribution in [0.5, 0.6) is 0 Å². The molecule has 0 aliphatic rings. The van der Waals surface area contributed by atoms with Crippen LogP contribution in [0, 0.1) is 6.92 Å². The van der Waals surface area contributed by atoms with Crippen LogP contribution in [0.25, 0.3) is 0 Å². The third-order valence-corrected chi connectivity index (χ3v) is 3.21. The maximum absolute atomic E-state index is 12.3. The highest BCUT2D eigenvalue weighted by Gasteiger charge is 2.19. The number of hydrogen-bond acceptors (Lipinski definition) is 7. The van der Waals surface area contributed by atoms with Gasteiger partial charge in [0.15, 0.2) is 5.82 Å². The van der Waals surface area contributed by atoms with Gasteiger partial charge in [-0.2, -0.15) is 0 Å². The minimum Gasteiger partial charge on any atom is -0.466 e. The molecule has 140 valence electrons. The predicted molar refractivity (Wildman–Crippen MR) is 88.8 cm³/mol. The summed E-state index contributed by atoms with van der Waals surface area (Å²) < 4.78 is 14.6. The molecule has 0 bridgehead atoms. The van der Waals surface area contributed by atoms with E-state index < -0.39 is 11.9 Å². The summed E-state index contributed by atoms with van der Waals surface area (Å²) >= 11 is 0. The van der Waals surface area contributed by atoms with E-state index in [1.165, 1.54) is 4.90 Å². The normalized spacial score (nSPS) is 10.4. The minimum atomic E-state index is -0.435. The molecule has 0 atom stereocenters. The number of nitrogens with zero attached hydrogens (tertiary/aromatic N) is 2. The van der Waals surface area contributed by atoms with Crippen LogP contribution >= 0.6 is 0 Å². The number of aromatic nitrogens is 1. The fourth-order valence-electron chi connectivity index (χ4n) is 2.07. The lowest BCUT2D eigenvalue weighted by Gasteiger charge is -2.21. The van der Waals surface area contributed by atoms with E-state index in [-0.39, 0.29) is 31.9 Å². The lowest BCUT2D eigenvalue weighted by Crippen LogP contribution is -2.39. The van der Waals surface area contributed by atoms with Crippen LogP contribution in [0.3, 0.4) is 0 Å². The molecular weight excluding hydrogens is 330 g/mol. The van der Waals surface area contributed by atoms with Gasteiger partial charge < -0.3 is 24.2 Å². The molecule has 0 saturated heterocycles. The number of nitrogens with one attached hydrogen (secondary N) is 1. The molecule has 0 saturated carbocycles. The summed E-state index contributed by atoms with van der Waals surface area (Å²) in [6.07, 6.45) is 0.553. The molecule has 0 spiro atoms. The summed E-state index contributed by atoms with van der Waals surface area (Å²) in [5.41, 5.74) is 0. The highest BCUT2D eigenvalue weighted by Crippen LogP contribution is 2.08. The molecule has 0 aromatic carbocycles. The molecule has 0 aliphatic carbocycles. The Labute approximate surface area is 146 Å². The molecule has 1 heterocycles. The Hall–Kier alpha value is -2.42. The SMILES string of the molecule is CCOC(=O)CCC(=O)N(CCCOC)CC(=O)Nc1cc(C)on1. The van der Waals surface area contributed by atoms with Crippen molar-refractivity contribution >= 4 is 23.6 Å². The van der Waals surface area contributed by atoms with Gasteiger partial charge in [-0.3, -0.25) is 14.4 Å². The van der Waals surface area contributed by atoms with Gasteiger partial charge in [0, 0.05) is 32.7 Å². The molecule has 25 heavy (non-hydrogen) atoms. The second-order valence-corrected chi connectivity index (χ2v) is 5.34. The summed E-state index contributed by atoms with van der Waals surface area (Å²) in [5, 5.41) is 6.23. The zero-order valence-corrected chi connectivity index (χ0v) is 14.9. The zero-order valence-electron chi connectivity index (χ0n) is 14.9. The van der Waals surface area contributed by atoms with Gasteiger partial charge in [-0.05, 0) is 20.3 Å². The molecule has 0 unspecified atom stereocenters. The van der Waals surface area contributed by atoms with E-state index >= 15 is 0 Å². The predicted octanol–water partition coefficient (Wildman–Crippen LogP) is 1.13. The average molecular weight is 355 g/mol. The van der Waals surface area contributed by atoms with Crippen LogP contribution in [0.2, 0.25) is 0 Å². The number of hydrogen-bond donors (Lipinski definition) is 1. The third kappa shape index (κ3) is 8.30. The van der Waals surface area contributed by atoms with Gasteiger partial charge in [-0.15, -0.1) is 0 Å². The molecule has 0 radical (unpaired) electrons. The Morgan fingerprint density at radius 3 is 2.68 bits per heavy atom. The second kappa shape index (κ2) is 11.2. The van der Waals surface area contributed by atoms with Gasteiger partial charge in [0.1, 0.15) is 5.76 Å². The van der Waals surface area contributed by atoms with Crippen LogP contribution in [-0.2, 0) is 23.9 Å². The molecule has 9 nitrogen and oxygen atoms in total. The number of carbonyl (C=O) groups is 3. The summed E-state index contributed by atoms with van der Waals surface area (Å²) in [5.74, 6) is -0.267. The molecule has 1 aromatic heterocycles. The van der Waals surface area contributed by atoms with Gasteiger partial charge in [0.25, 0.3) is 0 Å². The maximum atomic E-state index is 12.3. The van der Waals surface area contributed by atoms with Crippen LogP contribution < -0.4 is 5.32 Å². The number of methoxy groups -OCH3 is 1. The summed E-state index contributed by atoms with van der Waals surface area (Å²) in [6, 6.07) is 1.58. The monoisotopic (exact) mass is 355 g/mol. The molecule has 1 rings (SSSR count). The Bertz CT molecular complexity index is 572. The highest BCUT2D eigenvalue weighted by molar-refractivity contribution is 5.94. The lowest BCUT2D eigenvalue weighted by molar-refractivity contribution is -0.145. The molecule has 1 N–H and O–H groups in total. The molecule has 1 aromatic rings. The highest BCUT2D eigenvalue weighted by atomic mass is 16.5. The standard InChI is InChI=1S/C16H25N3O6/c1-4-24-16(22)7-6-15(21)19(8-5-9-23-3)11-14(20)17-13-10-12(2)25-18-13/h10H,4-9,11H2,1-3H3,(H,17,18,20). The summed E-state index contributed by atoms with van der Waals surface area (Å²) in [4.78, 5) is 37.2. The van der Waals surface area contributed by atoms with Crippen molar-refractivity contribution in [1.82, 2.24) is 10.1 Å². The molecule has 2 amide bonds. The van der Waals surface area contributed by atoms with Crippen LogP contribution in [-0.4, -0.2) is 61.3 Å². The first-order valence-corrected chi connectivity index (χ1v) is 8.11. The first kappa shape index (κ1) is 20.6. The Morgan fingerprint density at radius 2 is 2.08 bits per heavy atom. The van der Waals surface area contributed by atoms with Crippen molar-refractivity contribution in [2.24, 2.45) is 0 Å². The molecular formula is C16H25N3O6. The van der Waals surface area contributed by atoms with Crippen molar-refractivity contribution in [3.05, 3.63) is 11.8 Å². The van der Waals surface area contributed by atoms with E-state index in [9.17, 15) is 14.4 Å². The van der Waals surface area contributed by atoms with Crippen molar-refractivity contribution in [1.29, 1.82) is 0 Å². The van der Waals surface area contributed by atoms with Gasteiger partial charge in [-0.25, -0.2) is 0 Å². The molecule has 0 fully saturated rings. The van der Waals surface area contributed by atoms with Gasteiger partial charge in [0.05, 0.1) is 19.6 Å². The van der Waals surface area contributed by atoms with Crippen molar-refractivity contribution in [2.75, 3.05) is 38.7 Å². The number of ether oxygens (including phenoxy) is 2. The van der Waals surface area contributed by atoms with Crippen LogP contribution in [0.1, 0.15) is 31.9 Å². The number of anilines is 1. The van der Waals surface area contributed by atoms with E-state index in [0.717, 1.165) is 0 Å². The van der Waals surface area contributed by atoms with Gasteiger partial charge >= 0.3 is 5.97 Å². The molecule has 0 aliphatic heterocycles. The van der Waals surface area contributed by atoms with Crippen LogP contribution in [0.4, 0.5) is 5.82 Å². The van der Waals surface area contributed by atoms with E-state index in [1.54, 1.807) is 27.0 Å². The van der Waals surface area contributed by atoms with E-state index in [2.05, 4.69) is 10.5 Å². The fraction of sp³-hybridized carbons (Fsp3) is 0.625. The van der Waals surface area contributed by atoms with Crippen molar-refractivity contribution in [2.45, 2.75) is 33.1 Å². The van der Waals surface area contributed by atoms with Crippen molar-refractivity contribution < 1.29 is 28.4 Å². The van der Waals surface area contributed by atoms with Gasteiger partial charge in [0.2, 0.25) is 11.8 Å².